The van der Waals surface area contributed by atoms with E-state index in [0.29, 0.717) is 12.8 Å². The molecule has 2 atom stereocenters. The predicted octanol–water partition coefficient (Wildman–Crippen LogP) is 0.532. The molecule has 0 aliphatic carbocycles. The Balaban J connectivity index is 3.53. The number of aliphatic hydroxyl groups excluding tert-OH is 2. The summed E-state index contributed by atoms with van der Waals surface area (Å²) in [4.78, 5) is 0. The van der Waals surface area contributed by atoms with Crippen LogP contribution in [0.5, 0.6) is 0 Å². The van der Waals surface area contributed by atoms with Crippen LogP contribution in [0.25, 0.3) is 0 Å². The summed E-state index contributed by atoms with van der Waals surface area (Å²) >= 11 is 0. The summed E-state index contributed by atoms with van der Waals surface area (Å²) in [7, 11) is 0. The van der Waals surface area contributed by atoms with Crippen LogP contribution in [0.1, 0.15) is 26.7 Å². The molecule has 2 heteroatoms. The normalized spacial score (nSPS) is 15.2. The zero-order chi connectivity index (χ0) is 7.98. The SMILES string of the molecule is CC#CC(O)CC(O)CC. The highest BCUT2D eigenvalue weighted by Crippen LogP contribution is 2.00. The molecular formula is C8H14O2. The maximum Gasteiger partial charge on any atom is 0.117 e. The Morgan fingerprint density at radius 1 is 1.40 bits per heavy atom. The monoisotopic (exact) mass is 142 g/mol. The minimum absolute atomic E-state index is 0.358. The van der Waals surface area contributed by atoms with Crippen LogP contribution in [0.4, 0.5) is 0 Å². The van der Waals surface area contributed by atoms with Crippen molar-refractivity contribution in [3.05, 3.63) is 0 Å². The molecule has 0 rings (SSSR count). The van der Waals surface area contributed by atoms with Crippen LogP contribution in [0.3, 0.4) is 0 Å². The number of hydrogen-bond donors (Lipinski definition) is 2. The number of hydrogen-bond acceptors (Lipinski definition) is 2. The topological polar surface area (TPSA) is 40.5 Å². The van der Waals surface area contributed by atoms with E-state index in [2.05, 4.69) is 11.8 Å². The smallest absolute Gasteiger partial charge is 0.117 e. The molecule has 0 aliphatic rings. The van der Waals surface area contributed by atoms with Gasteiger partial charge in [-0.3, -0.25) is 0 Å². The first-order valence-corrected chi connectivity index (χ1v) is 3.49. The van der Waals surface area contributed by atoms with E-state index in [9.17, 15) is 0 Å². The van der Waals surface area contributed by atoms with Gasteiger partial charge in [-0.05, 0) is 13.3 Å². The minimum atomic E-state index is -0.667. The predicted molar refractivity (Wildman–Crippen MR) is 40.4 cm³/mol. The van der Waals surface area contributed by atoms with Crippen LogP contribution in [0.15, 0.2) is 0 Å². The largest absolute Gasteiger partial charge is 0.393 e. The van der Waals surface area contributed by atoms with E-state index in [-0.39, 0.29) is 0 Å². The maximum atomic E-state index is 9.03. The van der Waals surface area contributed by atoms with Gasteiger partial charge in [-0.2, -0.15) is 0 Å². The lowest BCUT2D eigenvalue weighted by atomic mass is 10.1. The molecule has 0 aromatic carbocycles. The molecule has 10 heavy (non-hydrogen) atoms. The van der Waals surface area contributed by atoms with Gasteiger partial charge >= 0.3 is 0 Å². The van der Waals surface area contributed by atoms with E-state index in [1.54, 1.807) is 6.92 Å². The first-order valence-electron chi connectivity index (χ1n) is 3.49. The fraction of sp³-hybridized carbons (Fsp3) is 0.750. The van der Waals surface area contributed by atoms with Crippen LogP contribution < -0.4 is 0 Å². The lowest BCUT2D eigenvalue weighted by Crippen LogP contribution is -2.14. The van der Waals surface area contributed by atoms with Crippen molar-refractivity contribution in [1.29, 1.82) is 0 Å². The van der Waals surface area contributed by atoms with E-state index in [4.69, 9.17) is 10.2 Å². The van der Waals surface area contributed by atoms with Crippen molar-refractivity contribution in [2.75, 3.05) is 0 Å². The van der Waals surface area contributed by atoms with Crippen LogP contribution in [0.2, 0.25) is 0 Å². The van der Waals surface area contributed by atoms with E-state index in [0.717, 1.165) is 0 Å². The molecule has 58 valence electrons. The fourth-order valence-electron chi connectivity index (χ4n) is 0.650. The second-order valence-electron chi connectivity index (χ2n) is 2.21. The minimum Gasteiger partial charge on any atom is -0.393 e. The highest BCUT2D eigenvalue weighted by Gasteiger charge is 2.05. The molecule has 2 unspecified atom stereocenters. The van der Waals surface area contributed by atoms with Gasteiger partial charge in [0.25, 0.3) is 0 Å². The van der Waals surface area contributed by atoms with Crippen LogP contribution in [-0.4, -0.2) is 22.4 Å². The summed E-state index contributed by atoms with van der Waals surface area (Å²) in [6.07, 6.45) is -0.0596. The Kier molecular flexibility index (Phi) is 5.00. The van der Waals surface area contributed by atoms with Crippen molar-refractivity contribution in [2.24, 2.45) is 0 Å². The first kappa shape index (κ1) is 9.48. The molecular weight excluding hydrogens is 128 g/mol. The summed E-state index contributed by atoms with van der Waals surface area (Å²) in [5.41, 5.74) is 0. The standard InChI is InChI=1S/C8H14O2/c1-3-5-8(10)6-7(9)4-2/h7-10H,4,6H2,1-2H3. The lowest BCUT2D eigenvalue weighted by molar-refractivity contribution is 0.105. The van der Waals surface area contributed by atoms with Crippen LogP contribution in [-0.2, 0) is 0 Å². The molecule has 2 N–H and O–H groups in total. The Bertz CT molecular complexity index is 132. The van der Waals surface area contributed by atoms with Crippen molar-refractivity contribution >= 4 is 0 Å². The molecule has 0 saturated heterocycles. The molecule has 0 spiro atoms. The van der Waals surface area contributed by atoms with Gasteiger partial charge in [0.15, 0.2) is 0 Å². The summed E-state index contributed by atoms with van der Waals surface area (Å²) in [5.74, 6) is 5.14. The van der Waals surface area contributed by atoms with Crippen molar-refractivity contribution in [1.82, 2.24) is 0 Å². The Hall–Kier alpha value is -0.520. The second-order valence-corrected chi connectivity index (χ2v) is 2.21. The molecule has 0 aromatic rings. The number of aliphatic hydroxyl groups is 2. The molecule has 0 bridgehead atoms. The average Bonchev–Trinajstić information content (AvgIpc) is 1.88. The Morgan fingerprint density at radius 2 is 2.00 bits per heavy atom. The van der Waals surface area contributed by atoms with E-state index >= 15 is 0 Å². The molecule has 0 heterocycles. The van der Waals surface area contributed by atoms with Crippen molar-refractivity contribution in [2.45, 2.75) is 38.9 Å². The third-order valence-corrected chi connectivity index (χ3v) is 1.28. The van der Waals surface area contributed by atoms with Gasteiger partial charge in [-0.1, -0.05) is 12.8 Å². The fourth-order valence-corrected chi connectivity index (χ4v) is 0.650. The van der Waals surface area contributed by atoms with Crippen molar-refractivity contribution in [3.63, 3.8) is 0 Å². The van der Waals surface area contributed by atoms with Gasteiger partial charge < -0.3 is 10.2 Å². The molecule has 2 nitrogen and oxygen atoms in total. The van der Waals surface area contributed by atoms with Gasteiger partial charge in [-0.15, -0.1) is 5.92 Å². The van der Waals surface area contributed by atoms with E-state index in [1.165, 1.54) is 0 Å². The van der Waals surface area contributed by atoms with E-state index in [1.807, 2.05) is 6.92 Å². The molecule has 0 amide bonds. The maximum absolute atomic E-state index is 9.03. The first-order chi connectivity index (χ1) is 4.70. The van der Waals surface area contributed by atoms with Gasteiger partial charge in [0, 0.05) is 6.42 Å². The third-order valence-electron chi connectivity index (χ3n) is 1.28. The van der Waals surface area contributed by atoms with Crippen LogP contribution >= 0.6 is 0 Å². The van der Waals surface area contributed by atoms with Gasteiger partial charge in [0.2, 0.25) is 0 Å². The van der Waals surface area contributed by atoms with Gasteiger partial charge in [0.1, 0.15) is 6.10 Å². The summed E-state index contributed by atoms with van der Waals surface area (Å²) in [6, 6.07) is 0. The van der Waals surface area contributed by atoms with Gasteiger partial charge in [0.05, 0.1) is 6.10 Å². The number of rotatable bonds is 3. The van der Waals surface area contributed by atoms with E-state index < -0.39 is 12.2 Å². The van der Waals surface area contributed by atoms with Crippen molar-refractivity contribution < 1.29 is 10.2 Å². The summed E-state index contributed by atoms with van der Waals surface area (Å²) in [5, 5.41) is 18.0. The Labute approximate surface area is 61.9 Å². The summed E-state index contributed by atoms with van der Waals surface area (Å²) in [6.45, 7) is 3.54. The van der Waals surface area contributed by atoms with Crippen molar-refractivity contribution in [3.8, 4) is 11.8 Å². The lowest BCUT2D eigenvalue weighted by Gasteiger charge is -2.07. The molecule has 0 saturated carbocycles. The third kappa shape index (κ3) is 4.37. The zero-order valence-electron chi connectivity index (χ0n) is 6.46. The highest BCUT2D eigenvalue weighted by molar-refractivity contribution is 5.01. The molecule has 0 aliphatic heterocycles. The summed E-state index contributed by atoms with van der Waals surface area (Å²) < 4.78 is 0. The molecule has 0 radical (unpaired) electrons. The molecule has 0 aromatic heterocycles. The van der Waals surface area contributed by atoms with Crippen LogP contribution in [0, 0.1) is 11.8 Å². The highest BCUT2D eigenvalue weighted by atomic mass is 16.3. The average molecular weight is 142 g/mol. The molecule has 0 fully saturated rings. The van der Waals surface area contributed by atoms with Gasteiger partial charge in [-0.25, -0.2) is 0 Å². The zero-order valence-corrected chi connectivity index (χ0v) is 6.46. The quantitative estimate of drug-likeness (QED) is 0.564. The Morgan fingerprint density at radius 3 is 2.40 bits per heavy atom. The second kappa shape index (κ2) is 5.28.